The fourth-order valence-corrected chi connectivity index (χ4v) is 2.69. The molecule has 29 heavy (non-hydrogen) atoms. The summed E-state index contributed by atoms with van der Waals surface area (Å²) in [5.74, 6) is 1.74. The second-order valence-corrected chi connectivity index (χ2v) is 6.21. The highest BCUT2D eigenvalue weighted by atomic mass is 16.5. The highest BCUT2D eigenvalue weighted by Crippen LogP contribution is 2.27. The second kappa shape index (κ2) is 10.0. The number of hydrogen-bond acceptors (Lipinski definition) is 7. The second-order valence-electron chi connectivity index (χ2n) is 6.21. The van der Waals surface area contributed by atoms with Crippen LogP contribution in [0.1, 0.15) is 21.6 Å². The van der Waals surface area contributed by atoms with E-state index in [0.717, 1.165) is 17.5 Å². The van der Waals surface area contributed by atoms with Crippen LogP contribution < -0.4 is 20.1 Å². The van der Waals surface area contributed by atoms with Crippen molar-refractivity contribution in [2.45, 2.75) is 13.0 Å². The Morgan fingerprint density at radius 1 is 0.931 bits per heavy atom. The Hall–Kier alpha value is -3.68. The summed E-state index contributed by atoms with van der Waals surface area (Å²) in [4.78, 5) is 16.1. The number of anilines is 1. The molecule has 0 fully saturated rings. The van der Waals surface area contributed by atoms with Gasteiger partial charge in [-0.1, -0.05) is 6.07 Å². The Balaban J connectivity index is 1.48. The molecule has 1 aromatic carbocycles. The molecular formula is C21H23N5O3. The molecule has 0 atom stereocenters. The van der Waals surface area contributed by atoms with Gasteiger partial charge < -0.3 is 20.1 Å². The van der Waals surface area contributed by atoms with Gasteiger partial charge in [-0.2, -0.15) is 0 Å². The van der Waals surface area contributed by atoms with E-state index in [4.69, 9.17) is 9.47 Å². The third kappa shape index (κ3) is 5.65. The van der Waals surface area contributed by atoms with Crippen LogP contribution in [0.25, 0.3) is 0 Å². The molecular weight excluding hydrogens is 370 g/mol. The Labute approximate surface area is 169 Å². The number of pyridine rings is 1. The maximum atomic E-state index is 12.2. The van der Waals surface area contributed by atoms with Gasteiger partial charge in [-0.15, -0.1) is 10.2 Å². The summed E-state index contributed by atoms with van der Waals surface area (Å²) in [6, 6.07) is 12.9. The Bertz CT molecular complexity index is 933. The van der Waals surface area contributed by atoms with E-state index < -0.39 is 0 Å². The van der Waals surface area contributed by atoms with Gasteiger partial charge in [0, 0.05) is 25.5 Å². The van der Waals surface area contributed by atoms with Crippen molar-refractivity contribution in [3.05, 3.63) is 71.7 Å². The van der Waals surface area contributed by atoms with E-state index in [2.05, 4.69) is 25.8 Å². The van der Waals surface area contributed by atoms with Crippen LogP contribution in [0, 0.1) is 0 Å². The third-order valence-corrected chi connectivity index (χ3v) is 4.27. The summed E-state index contributed by atoms with van der Waals surface area (Å²) in [6.45, 7) is 1.08. The van der Waals surface area contributed by atoms with Crippen LogP contribution in [-0.4, -0.2) is 41.9 Å². The molecule has 0 unspecified atom stereocenters. The number of nitrogens with zero attached hydrogens (tertiary/aromatic N) is 3. The maximum Gasteiger partial charge on any atom is 0.272 e. The molecule has 0 bridgehead atoms. The van der Waals surface area contributed by atoms with Gasteiger partial charge in [-0.25, -0.2) is 0 Å². The molecule has 0 radical (unpaired) electrons. The zero-order chi connectivity index (χ0) is 20.5. The summed E-state index contributed by atoms with van der Waals surface area (Å²) in [7, 11) is 3.23. The van der Waals surface area contributed by atoms with Crippen molar-refractivity contribution in [2.24, 2.45) is 0 Å². The van der Waals surface area contributed by atoms with Crippen molar-refractivity contribution < 1.29 is 14.3 Å². The van der Waals surface area contributed by atoms with Gasteiger partial charge in [-0.3, -0.25) is 9.78 Å². The minimum Gasteiger partial charge on any atom is -0.493 e. The summed E-state index contributed by atoms with van der Waals surface area (Å²) in [6.07, 6.45) is 4.14. The van der Waals surface area contributed by atoms with Crippen molar-refractivity contribution in [1.82, 2.24) is 20.5 Å². The van der Waals surface area contributed by atoms with Crippen LogP contribution in [0.15, 0.2) is 54.9 Å². The summed E-state index contributed by atoms with van der Waals surface area (Å²) in [5, 5.41) is 14.1. The summed E-state index contributed by atoms with van der Waals surface area (Å²) in [5.41, 5.74) is 2.34. The Morgan fingerprint density at radius 3 is 2.41 bits per heavy atom. The van der Waals surface area contributed by atoms with Crippen LogP contribution in [0.5, 0.6) is 11.5 Å². The number of amides is 1. The van der Waals surface area contributed by atoms with Crippen molar-refractivity contribution in [3.63, 3.8) is 0 Å². The fourth-order valence-electron chi connectivity index (χ4n) is 2.69. The molecule has 2 aromatic heterocycles. The maximum absolute atomic E-state index is 12.2. The lowest BCUT2D eigenvalue weighted by Gasteiger charge is -2.10. The Kier molecular flexibility index (Phi) is 6.94. The van der Waals surface area contributed by atoms with Gasteiger partial charge in [0.1, 0.15) is 5.82 Å². The van der Waals surface area contributed by atoms with Crippen LogP contribution in [0.4, 0.5) is 5.82 Å². The van der Waals surface area contributed by atoms with Crippen molar-refractivity contribution in [3.8, 4) is 11.5 Å². The molecule has 0 saturated carbocycles. The van der Waals surface area contributed by atoms with Crippen LogP contribution >= 0.6 is 0 Å². The smallest absolute Gasteiger partial charge is 0.272 e. The largest absolute Gasteiger partial charge is 0.493 e. The number of carbonyl (C=O) groups is 1. The van der Waals surface area contributed by atoms with Gasteiger partial charge in [0.15, 0.2) is 17.2 Å². The van der Waals surface area contributed by atoms with E-state index in [-0.39, 0.29) is 11.6 Å². The predicted molar refractivity (Wildman–Crippen MR) is 109 cm³/mol. The van der Waals surface area contributed by atoms with Gasteiger partial charge in [0.25, 0.3) is 5.91 Å². The zero-order valence-corrected chi connectivity index (χ0v) is 16.4. The fraction of sp³-hybridized carbons (Fsp3) is 0.238. The first-order chi connectivity index (χ1) is 14.2. The van der Waals surface area contributed by atoms with Crippen molar-refractivity contribution in [1.29, 1.82) is 0 Å². The van der Waals surface area contributed by atoms with E-state index in [1.54, 1.807) is 38.7 Å². The highest BCUT2D eigenvalue weighted by Gasteiger charge is 2.08. The summed E-state index contributed by atoms with van der Waals surface area (Å²) >= 11 is 0. The predicted octanol–water partition coefficient (Wildman–Crippen LogP) is 2.47. The minimum atomic E-state index is -0.272. The lowest BCUT2D eigenvalue weighted by molar-refractivity contribution is 0.0945. The normalized spacial score (nSPS) is 10.3. The summed E-state index contributed by atoms with van der Waals surface area (Å²) < 4.78 is 10.6. The lowest BCUT2D eigenvalue weighted by atomic mass is 10.1. The molecule has 0 aliphatic carbocycles. The number of carbonyl (C=O) groups excluding carboxylic acids is 1. The number of nitrogens with one attached hydrogen (secondary N) is 2. The third-order valence-electron chi connectivity index (χ3n) is 4.27. The monoisotopic (exact) mass is 393 g/mol. The molecule has 0 aliphatic heterocycles. The van der Waals surface area contributed by atoms with Crippen molar-refractivity contribution >= 4 is 11.7 Å². The standard InChI is InChI=1S/C21H23N5O3/c1-28-18-5-3-15(13-19(18)29-2)9-12-23-20-6-4-17(25-26-20)21(27)24-14-16-7-10-22-11-8-16/h3-8,10-11,13H,9,12,14H2,1-2H3,(H,23,26)(H,24,27). The molecule has 1 amide bonds. The lowest BCUT2D eigenvalue weighted by Crippen LogP contribution is -2.24. The topological polar surface area (TPSA) is 98.3 Å². The SMILES string of the molecule is COc1ccc(CCNc2ccc(C(=O)NCc3ccncc3)nn2)cc1OC. The van der Waals surface area contributed by atoms with E-state index in [1.807, 2.05) is 30.3 Å². The molecule has 3 aromatic rings. The van der Waals surface area contributed by atoms with Gasteiger partial charge >= 0.3 is 0 Å². The molecule has 150 valence electrons. The van der Waals surface area contributed by atoms with Gasteiger partial charge in [0.05, 0.1) is 14.2 Å². The average molecular weight is 393 g/mol. The van der Waals surface area contributed by atoms with E-state index in [9.17, 15) is 4.79 Å². The van der Waals surface area contributed by atoms with Crippen LogP contribution in [0.3, 0.4) is 0 Å². The first kappa shape index (κ1) is 20.1. The number of benzene rings is 1. The average Bonchev–Trinajstić information content (AvgIpc) is 2.78. The first-order valence-electron chi connectivity index (χ1n) is 9.15. The quantitative estimate of drug-likeness (QED) is 0.576. The van der Waals surface area contributed by atoms with Crippen LogP contribution in [-0.2, 0) is 13.0 Å². The molecule has 0 saturated heterocycles. The van der Waals surface area contributed by atoms with Crippen molar-refractivity contribution in [2.75, 3.05) is 26.1 Å². The molecule has 3 rings (SSSR count). The first-order valence-corrected chi connectivity index (χ1v) is 9.15. The molecule has 0 spiro atoms. The van der Waals surface area contributed by atoms with Gasteiger partial charge in [0.2, 0.25) is 0 Å². The van der Waals surface area contributed by atoms with E-state index >= 15 is 0 Å². The van der Waals surface area contributed by atoms with Crippen LogP contribution in [0.2, 0.25) is 0 Å². The number of aromatic nitrogens is 3. The molecule has 2 heterocycles. The molecule has 8 nitrogen and oxygen atoms in total. The van der Waals surface area contributed by atoms with E-state index in [0.29, 0.717) is 30.4 Å². The van der Waals surface area contributed by atoms with Gasteiger partial charge in [-0.05, 0) is 53.9 Å². The molecule has 8 heteroatoms. The number of hydrogen-bond donors (Lipinski definition) is 2. The minimum absolute atomic E-state index is 0.268. The Morgan fingerprint density at radius 2 is 1.72 bits per heavy atom. The number of rotatable bonds is 9. The van der Waals surface area contributed by atoms with E-state index in [1.165, 1.54) is 0 Å². The zero-order valence-electron chi connectivity index (χ0n) is 16.4. The number of ether oxygens (including phenoxy) is 2. The highest BCUT2D eigenvalue weighted by molar-refractivity contribution is 5.92. The molecule has 2 N–H and O–H groups in total. The molecule has 0 aliphatic rings. The number of methoxy groups -OCH3 is 2.